The minimum Gasteiger partial charge on any atom is -0.356 e. The first-order valence-electron chi connectivity index (χ1n) is 3.99. The summed E-state index contributed by atoms with van der Waals surface area (Å²) in [5.41, 5.74) is 0. The topological polar surface area (TPSA) is 52.9 Å². The van der Waals surface area contributed by atoms with Gasteiger partial charge in [0.2, 0.25) is 5.91 Å². The van der Waals surface area contributed by atoms with E-state index in [2.05, 4.69) is 5.32 Å². The van der Waals surface area contributed by atoms with Crippen LogP contribution in [0.2, 0.25) is 0 Å². The van der Waals surface area contributed by atoms with Gasteiger partial charge in [-0.3, -0.25) is 4.79 Å². The van der Waals surface area contributed by atoms with E-state index in [0.29, 0.717) is 13.0 Å². The summed E-state index contributed by atoms with van der Waals surface area (Å²) in [6.07, 6.45) is 3.40. The van der Waals surface area contributed by atoms with Gasteiger partial charge < -0.3 is 5.32 Å². The molecule has 11 heavy (non-hydrogen) atoms. The highest BCUT2D eigenvalue weighted by molar-refractivity contribution is 5.80. The molecule has 0 unspecified atom stereocenters. The molecule has 3 heteroatoms. The maximum Gasteiger partial charge on any atom is 0.223 e. The first kappa shape index (κ1) is 8.06. The molecule has 0 spiro atoms. The van der Waals surface area contributed by atoms with Gasteiger partial charge in [-0.2, -0.15) is 5.26 Å². The summed E-state index contributed by atoms with van der Waals surface area (Å²) < 4.78 is 0. The Morgan fingerprint density at radius 2 is 2.36 bits per heavy atom. The molecule has 0 aromatic carbocycles. The molecule has 0 atom stereocenters. The molecule has 3 nitrogen and oxygen atoms in total. The van der Waals surface area contributed by atoms with Crippen LogP contribution < -0.4 is 5.32 Å². The van der Waals surface area contributed by atoms with Crippen molar-refractivity contribution in [2.24, 2.45) is 5.92 Å². The molecule has 60 valence electrons. The number of hydrogen-bond acceptors (Lipinski definition) is 2. The first-order chi connectivity index (χ1) is 5.34. The van der Waals surface area contributed by atoms with Crippen molar-refractivity contribution < 1.29 is 4.79 Å². The summed E-state index contributed by atoms with van der Waals surface area (Å²) in [5.74, 6) is 0.458. The van der Waals surface area contributed by atoms with Gasteiger partial charge >= 0.3 is 0 Å². The van der Waals surface area contributed by atoms with Crippen LogP contribution in [0.15, 0.2) is 0 Å². The fourth-order valence-electron chi connectivity index (χ4n) is 0.869. The van der Waals surface area contributed by atoms with Gasteiger partial charge in [0.15, 0.2) is 0 Å². The summed E-state index contributed by atoms with van der Waals surface area (Å²) in [6, 6.07) is 2.03. The van der Waals surface area contributed by atoms with Gasteiger partial charge in [-0.15, -0.1) is 0 Å². The van der Waals surface area contributed by atoms with E-state index in [9.17, 15) is 4.79 Å². The molecule has 0 heterocycles. The van der Waals surface area contributed by atoms with Crippen molar-refractivity contribution in [1.29, 1.82) is 5.26 Å². The maximum absolute atomic E-state index is 11.0. The van der Waals surface area contributed by atoms with Crippen LogP contribution in [0, 0.1) is 17.2 Å². The van der Waals surface area contributed by atoms with Gasteiger partial charge in [-0.05, 0) is 19.3 Å². The SMILES string of the molecule is N#CCCCNC(=O)C1CC1. The van der Waals surface area contributed by atoms with Crippen molar-refractivity contribution >= 4 is 5.91 Å². The van der Waals surface area contributed by atoms with Crippen LogP contribution in [0.4, 0.5) is 0 Å². The van der Waals surface area contributed by atoms with E-state index in [0.717, 1.165) is 19.3 Å². The number of rotatable bonds is 4. The van der Waals surface area contributed by atoms with Gasteiger partial charge in [0.1, 0.15) is 0 Å². The molecule has 0 aromatic heterocycles. The fraction of sp³-hybridized carbons (Fsp3) is 0.750. The largest absolute Gasteiger partial charge is 0.356 e. The Morgan fingerprint density at radius 1 is 1.64 bits per heavy atom. The summed E-state index contributed by atoms with van der Waals surface area (Å²) in [6.45, 7) is 0.656. The number of nitrogens with zero attached hydrogens (tertiary/aromatic N) is 1. The Hall–Kier alpha value is -1.04. The summed E-state index contributed by atoms with van der Waals surface area (Å²) in [4.78, 5) is 11.0. The van der Waals surface area contributed by atoms with Gasteiger partial charge in [0.25, 0.3) is 0 Å². The average Bonchev–Trinajstić information content (AvgIpc) is 2.79. The second-order valence-electron chi connectivity index (χ2n) is 2.83. The van der Waals surface area contributed by atoms with Crippen LogP contribution >= 0.6 is 0 Å². The molecule has 1 aliphatic carbocycles. The lowest BCUT2D eigenvalue weighted by atomic mass is 10.3. The van der Waals surface area contributed by atoms with E-state index in [1.807, 2.05) is 6.07 Å². The van der Waals surface area contributed by atoms with Crippen molar-refractivity contribution in [3.63, 3.8) is 0 Å². The highest BCUT2D eigenvalue weighted by Crippen LogP contribution is 2.28. The maximum atomic E-state index is 11.0. The normalized spacial score (nSPS) is 15.5. The highest BCUT2D eigenvalue weighted by Gasteiger charge is 2.28. The molecule has 1 aliphatic rings. The number of hydrogen-bond donors (Lipinski definition) is 1. The molecule has 1 saturated carbocycles. The van der Waals surface area contributed by atoms with Crippen molar-refractivity contribution in [2.75, 3.05) is 6.54 Å². The average molecular weight is 152 g/mol. The number of unbranched alkanes of at least 4 members (excludes halogenated alkanes) is 1. The van der Waals surface area contributed by atoms with Gasteiger partial charge in [0.05, 0.1) is 6.07 Å². The molecule has 0 saturated heterocycles. The quantitative estimate of drug-likeness (QED) is 0.606. The zero-order valence-electron chi connectivity index (χ0n) is 6.47. The zero-order chi connectivity index (χ0) is 8.10. The highest BCUT2D eigenvalue weighted by atomic mass is 16.2. The number of nitriles is 1. The first-order valence-corrected chi connectivity index (χ1v) is 3.99. The molecule has 0 aromatic rings. The lowest BCUT2D eigenvalue weighted by Gasteiger charge is -2.00. The molecule has 1 N–H and O–H groups in total. The van der Waals surface area contributed by atoms with E-state index < -0.39 is 0 Å². The molecule has 0 radical (unpaired) electrons. The molecular weight excluding hydrogens is 140 g/mol. The Labute approximate surface area is 66.4 Å². The number of carbonyl (C=O) groups is 1. The molecule has 1 amide bonds. The van der Waals surface area contributed by atoms with Gasteiger partial charge in [-0.25, -0.2) is 0 Å². The van der Waals surface area contributed by atoms with Crippen LogP contribution in [-0.4, -0.2) is 12.5 Å². The molecule has 0 bridgehead atoms. The summed E-state index contributed by atoms with van der Waals surface area (Å²) in [7, 11) is 0. The number of amides is 1. The second kappa shape index (κ2) is 3.97. The standard InChI is InChI=1S/C8H12N2O/c9-5-1-2-6-10-8(11)7-3-4-7/h7H,1-4,6H2,(H,10,11). The number of carbonyl (C=O) groups excluding carboxylic acids is 1. The van der Waals surface area contributed by atoms with Gasteiger partial charge in [-0.1, -0.05) is 0 Å². The third-order valence-electron chi connectivity index (χ3n) is 1.71. The molecular formula is C8H12N2O. The van der Waals surface area contributed by atoms with Gasteiger partial charge in [0, 0.05) is 18.9 Å². The van der Waals surface area contributed by atoms with Crippen molar-refractivity contribution in [3.8, 4) is 6.07 Å². The Bertz CT molecular complexity index is 179. The van der Waals surface area contributed by atoms with E-state index in [-0.39, 0.29) is 11.8 Å². The van der Waals surface area contributed by atoms with E-state index in [1.165, 1.54) is 0 Å². The molecule has 1 fully saturated rings. The van der Waals surface area contributed by atoms with Crippen LogP contribution in [0.5, 0.6) is 0 Å². The third kappa shape index (κ3) is 3.03. The Morgan fingerprint density at radius 3 is 2.91 bits per heavy atom. The molecule has 0 aliphatic heterocycles. The van der Waals surface area contributed by atoms with Crippen molar-refractivity contribution in [1.82, 2.24) is 5.32 Å². The monoisotopic (exact) mass is 152 g/mol. The third-order valence-corrected chi connectivity index (χ3v) is 1.71. The molecule has 1 rings (SSSR count). The predicted octanol–water partition coefficient (Wildman–Crippen LogP) is 0.816. The fourth-order valence-corrected chi connectivity index (χ4v) is 0.869. The minimum absolute atomic E-state index is 0.169. The van der Waals surface area contributed by atoms with Crippen LogP contribution in [0.25, 0.3) is 0 Å². The van der Waals surface area contributed by atoms with E-state index in [1.54, 1.807) is 0 Å². The number of nitrogens with one attached hydrogen (secondary N) is 1. The van der Waals surface area contributed by atoms with Crippen LogP contribution in [0.1, 0.15) is 25.7 Å². The predicted molar refractivity (Wildman–Crippen MR) is 40.6 cm³/mol. The minimum atomic E-state index is 0.169. The van der Waals surface area contributed by atoms with Crippen LogP contribution in [-0.2, 0) is 4.79 Å². The summed E-state index contributed by atoms with van der Waals surface area (Å²) >= 11 is 0. The van der Waals surface area contributed by atoms with E-state index in [4.69, 9.17) is 5.26 Å². The summed E-state index contributed by atoms with van der Waals surface area (Å²) in [5, 5.41) is 11.0. The Kier molecular flexibility index (Phi) is 2.91. The van der Waals surface area contributed by atoms with Crippen LogP contribution in [0.3, 0.4) is 0 Å². The zero-order valence-corrected chi connectivity index (χ0v) is 6.47. The second-order valence-corrected chi connectivity index (χ2v) is 2.83. The lowest BCUT2D eigenvalue weighted by Crippen LogP contribution is -2.25. The van der Waals surface area contributed by atoms with Crippen molar-refractivity contribution in [2.45, 2.75) is 25.7 Å². The smallest absolute Gasteiger partial charge is 0.223 e. The van der Waals surface area contributed by atoms with Crippen molar-refractivity contribution in [3.05, 3.63) is 0 Å². The van der Waals surface area contributed by atoms with E-state index >= 15 is 0 Å². The Balaban J connectivity index is 1.94. The lowest BCUT2D eigenvalue weighted by molar-refractivity contribution is -0.122.